The molecule has 0 aliphatic heterocycles. The molecular weight excluding hydrogens is 709 g/mol. The van der Waals surface area contributed by atoms with E-state index in [1.807, 2.05) is 18.2 Å². The molecule has 11 nitrogen and oxygen atoms in total. The standard InChI is InChI=1S/C42H68NO10P/c1-3-5-7-9-11-13-15-17-19-21-23-25-27-29-31-33-40(44)50-35-38(36-51-54(48,49)52-37-39(43)42(46)47)53-41(45)34-32-30-28-26-24-22-20-18-16-14-12-10-8-6-4-2/h6,8,11-14,17-20,24,26,30,32,38-39H,3-5,7,9-10,15-16,21-23,25,27-29,31,33-37,43H2,1-2H3,(H,46,47)(H,48,49)/b8-6-,13-11-,14-12-,19-17-,20-18-,26-24-,32-30-. The molecule has 0 heterocycles. The molecule has 0 saturated heterocycles. The minimum atomic E-state index is -4.74. The van der Waals surface area contributed by atoms with Crippen LogP contribution in [0.25, 0.3) is 0 Å². The van der Waals surface area contributed by atoms with Gasteiger partial charge in [0.1, 0.15) is 12.6 Å². The third-order valence-corrected chi connectivity index (χ3v) is 8.61. The van der Waals surface area contributed by atoms with Crippen LogP contribution in [0.1, 0.15) is 129 Å². The van der Waals surface area contributed by atoms with E-state index in [2.05, 4.69) is 79.1 Å². The fourth-order valence-corrected chi connectivity index (χ4v) is 5.36. The highest BCUT2D eigenvalue weighted by Crippen LogP contribution is 2.43. The van der Waals surface area contributed by atoms with E-state index in [-0.39, 0.29) is 12.8 Å². The molecule has 0 radical (unpaired) electrons. The van der Waals surface area contributed by atoms with Gasteiger partial charge in [0.2, 0.25) is 0 Å². The maximum Gasteiger partial charge on any atom is 0.472 e. The second-order valence-electron chi connectivity index (χ2n) is 12.7. The fourth-order valence-electron chi connectivity index (χ4n) is 4.58. The van der Waals surface area contributed by atoms with Gasteiger partial charge in [-0.05, 0) is 70.6 Å². The predicted molar refractivity (Wildman–Crippen MR) is 217 cm³/mol. The number of phosphoric acid groups is 1. The lowest BCUT2D eigenvalue weighted by atomic mass is 10.1. The number of ether oxygens (including phenoxy) is 2. The summed E-state index contributed by atoms with van der Waals surface area (Å²) in [4.78, 5) is 45.7. The number of carboxylic acids is 1. The molecule has 0 saturated carbocycles. The quantitative estimate of drug-likeness (QED) is 0.0242. The van der Waals surface area contributed by atoms with E-state index >= 15 is 0 Å². The van der Waals surface area contributed by atoms with Crippen molar-refractivity contribution in [1.82, 2.24) is 0 Å². The first-order valence-electron chi connectivity index (χ1n) is 19.6. The number of hydrogen-bond acceptors (Lipinski definition) is 9. The van der Waals surface area contributed by atoms with Crippen LogP contribution in [0, 0.1) is 0 Å². The van der Waals surface area contributed by atoms with Gasteiger partial charge in [-0.2, -0.15) is 0 Å². The maximum atomic E-state index is 12.5. The summed E-state index contributed by atoms with van der Waals surface area (Å²) in [5.74, 6) is -2.57. The summed E-state index contributed by atoms with van der Waals surface area (Å²) >= 11 is 0. The van der Waals surface area contributed by atoms with Crippen LogP contribution < -0.4 is 5.73 Å². The average Bonchev–Trinajstić information content (AvgIpc) is 3.14. The van der Waals surface area contributed by atoms with Crippen LogP contribution in [0.3, 0.4) is 0 Å². The first-order chi connectivity index (χ1) is 26.1. The molecule has 54 heavy (non-hydrogen) atoms. The monoisotopic (exact) mass is 777 g/mol. The lowest BCUT2D eigenvalue weighted by Gasteiger charge is -2.20. The number of unbranched alkanes of at least 4 members (excludes halogenated alkanes) is 8. The van der Waals surface area contributed by atoms with Crippen molar-refractivity contribution in [3.63, 3.8) is 0 Å². The van der Waals surface area contributed by atoms with Gasteiger partial charge in [0.25, 0.3) is 0 Å². The van der Waals surface area contributed by atoms with E-state index < -0.39 is 57.7 Å². The molecule has 0 aromatic carbocycles. The van der Waals surface area contributed by atoms with Gasteiger partial charge in [-0.1, -0.05) is 131 Å². The van der Waals surface area contributed by atoms with Crippen molar-refractivity contribution in [3.05, 3.63) is 85.1 Å². The van der Waals surface area contributed by atoms with Crippen molar-refractivity contribution in [1.29, 1.82) is 0 Å². The first kappa shape index (κ1) is 50.7. The van der Waals surface area contributed by atoms with Crippen LogP contribution in [-0.2, 0) is 37.5 Å². The van der Waals surface area contributed by atoms with Crippen LogP contribution in [0.15, 0.2) is 85.1 Å². The molecule has 0 bridgehead atoms. The summed E-state index contributed by atoms with van der Waals surface area (Å²) in [7, 11) is -4.74. The van der Waals surface area contributed by atoms with E-state index in [0.29, 0.717) is 12.8 Å². The molecule has 0 aromatic rings. The zero-order valence-electron chi connectivity index (χ0n) is 32.8. The van der Waals surface area contributed by atoms with E-state index in [1.165, 1.54) is 19.3 Å². The van der Waals surface area contributed by atoms with E-state index in [0.717, 1.165) is 70.6 Å². The molecule has 0 rings (SSSR count). The zero-order valence-corrected chi connectivity index (χ0v) is 33.7. The van der Waals surface area contributed by atoms with Gasteiger partial charge in [-0.15, -0.1) is 0 Å². The van der Waals surface area contributed by atoms with Gasteiger partial charge in [0.05, 0.1) is 19.6 Å². The molecule has 306 valence electrons. The molecule has 0 aliphatic carbocycles. The molecule has 0 amide bonds. The molecule has 0 aromatic heterocycles. The minimum absolute atomic E-state index is 0.0787. The maximum absolute atomic E-state index is 12.5. The van der Waals surface area contributed by atoms with Crippen molar-refractivity contribution in [2.75, 3.05) is 19.8 Å². The Hall–Kier alpha value is -3.34. The third-order valence-electron chi connectivity index (χ3n) is 7.66. The Bertz CT molecular complexity index is 1240. The first-order valence-corrected chi connectivity index (χ1v) is 21.1. The number of rotatable bonds is 35. The summed E-state index contributed by atoms with van der Waals surface area (Å²) in [6, 6.07) is -1.54. The molecule has 12 heteroatoms. The summed E-state index contributed by atoms with van der Waals surface area (Å²) in [5, 5.41) is 8.86. The van der Waals surface area contributed by atoms with Crippen molar-refractivity contribution in [2.45, 2.75) is 142 Å². The molecule has 0 aliphatic rings. The van der Waals surface area contributed by atoms with Crippen LogP contribution in [-0.4, -0.2) is 59.9 Å². The normalized spacial score (nSPS) is 14.7. The smallest absolute Gasteiger partial charge is 0.472 e. The van der Waals surface area contributed by atoms with Gasteiger partial charge >= 0.3 is 25.7 Å². The predicted octanol–water partition coefficient (Wildman–Crippen LogP) is 9.94. The number of phosphoric ester groups is 1. The Labute approximate surface area is 324 Å². The lowest BCUT2D eigenvalue weighted by molar-refractivity contribution is -0.160. The number of aliphatic carboxylic acids is 1. The zero-order chi connectivity index (χ0) is 40.0. The summed E-state index contributed by atoms with van der Waals surface area (Å²) in [6.45, 7) is 2.51. The van der Waals surface area contributed by atoms with Crippen LogP contribution in [0.2, 0.25) is 0 Å². The molecule has 4 N–H and O–H groups in total. The number of nitrogens with two attached hydrogens (primary N) is 1. The van der Waals surface area contributed by atoms with Crippen molar-refractivity contribution >= 4 is 25.7 Å². The SMILES string of the molecule is CC/C=C\C/C=C\C/C=C\C/C=C\C/C=C\CC(=O)OC(COC(=O)CCCCCCC/C=C\C/C=C\CCCCC)COP(=O)(O)OCC(N)C(=O)O. The second-order valence-corrected chi connectivity index (χ2v) is 14.1. The van der Waals surface area contributed by atoms with Crippen LogP contribution >= 0.6 is 7.82 Å². The largest absolute Gasteiger partial charge is 0.480 e. The Morgan fingerprint density at radius 3 is 1.65 bits per heavy atom. The minimum Gasteiger partial charge on any atom is -0.480 e. The van der Waals surface area contributed by atoms with Crippen LogP contribution in [0.4, 0.5) is 0 Å². The third kappa shape index (κ3) is 35.7. The van der Waals surface area contributed by atoms with Gasteiger partial charge in [-0.3, -0.25) is 23.4 Å². The number of carbonyl (C=O) groups is 3. The summed E-state index contributed by atoms with van der Waals surface area (Å²) < 4.78 is 32.4. The van der Waals surface area contributed by atoms with Crippen molar-refractivity contribution in [3.8, 4) is 0 Å². The van der Waals surface area contributed by atoms with Crippen molar-refractivity contribution in [2.24, 2.45) is 5.73 Å². The Morgan fingerprint density at radius 2 is 1.09 bits per heavy atom. The molecule has 3 atom stereocenters. The van der Waals surface area contributed by atoms with Gasteiger partial charge in [0, 0.05) is 6.42 Å². The van der Waals surface area contributed by atoms with E-state index in [1.54, 1.807) is 6.08 Å². The molecular formula is C42H68NO10P. The highest BCUT2D eigenvalue weighted by molar-refractivity contribution is 7.47. The van der Waals surface area contributed by atoms with Gasteiger partial charge < -0.3 is 25.2 Å². The Kier molecular flexibility index (Phi) is 34.4. The molecule has 0 fully saturated rings. The number of allylic oxidation sites excluding steroid dienone is 13. The second kappa shape index (κ2) is 36.6. The number of carbonyl (C=O) groups excluding carboxylic acids is 2. The number of hydrogen-bond donors (Lipinski definition) is 3. The highest BCUT2D eigenvalue weighted by atomic mass is 31.2. The molecule has 0 spiro atoms. The van der Waals surface area contributed by atoms with E-state index in [9.17, 15) is 23.8 Å². The topological polar surface area (TPSA) is 172 Å². The Morgan fingerprint density at radius 1 is 0.611 bits per heavy atom. The summed E-state index contributed by atoms with van der Waals surface area (Å²) in [6.07, 6.45) is 44.0. The number of esters is 2. The number of carboxylic acid groups (broad SMARTS) is 1. The van der Waals surface area contributed by atoms with E-state index in [4.69, 9.17) is 24.8 Å². The lowest BCUT2D eigenvalue weighted by Crippen LogP contribution is -2.34. The van der Waals surface area contributed by atoms with Gasteiger partial charge in [0.15, 0.2) is 6.10 Å². The Balaban J connectivity index is 4.61. The average molecular weight is 778 g/mol. The van der Waals surface area contributed by atoms with Crippen LogP contribution in [0.5, 0.6) is 0 Å². The highest BCUT2D eigenvalue weighted by Gasteiger charge is 2.28. The summed E-state index contributed by atoms with van der Waals surface area (Å²) in [5.41, 5.74) is 5.31. The van der Waals surface area contributed by atoms with Crippen molar-refractivity contribution < 1.29 is 47.5 Å². The molecule has 3 unspecified atom stereocenters. The van der Waals surface area contributed by atoms with Gasteiger partial charge in [-0.25, -0.2) is 4.57 Å². The fraction of sp³-hybridized carbons (Fsp3) is 0.595.